The molecule has 3 rings (SSSR count). The first-order valence-corrected chi connectivity index (χ1v) is 6.61. The zero-order valence-corrected chi connectivity index (χ0v) is 11.6. The van der Waals surface area contributed by atoms with E-state index in [1.54, 1.807) is 18.6 Å². The van der Waals surface area contributed by atoms with Gasteiger partial charge in [-0.25, -0.2) is 0 Å². The quantitative estimate of drug-likeness (QED) is 0.791. The minimum atomic E-state index is 0.136. The number of methoxy groups -OCH3 is 1. The van der Waals surface area contributed by atoms with Crippen molar-refractivity contribution in [3.63, 3.8) is 0 Å². The molecule has 0 unspecified atom stereocenters. The number of aliphatic hydroxyl groups is 1. The summed E-state index contributed by atoms with van der Waals surface area (Å²) in [4.78, 5) is 8.52. The van der Waals surface area contributed by atoms with Gasteiger partial charge in [0.2, 0.25) is 0 Å². The molecule has 21 heavy (non-hydrogen) atoms. The van der Waals surface area contributed by atoms with Gasteiger partial charge in [0, 0.05) is 25.1 Å². The van der Waals surface area contributed by atoms with Gasteiger partial charge in [-0.15, -0.1) is 0 Å². The number of rotatable bonds is 4. The van der Waals surface area contributed by atoms with E-state index in [0.29, 0.717) is 24.5 Å². The summed E-state index contributed by atoms with van der Waals surface area (Å²) in [5.41, 5.74) is 3.38. The number of hydrogen-bond donors (Lipinski definition) is 3. The molecule has 1 aromatic heterocycles. The minimum absolute atomic E-state index is 0.136. The van der Waals surface area contributed by atoms with Gasteiger partial charge in [-0.1, -0.05) is 6.07 Å². The van der Waals surface area contributed by atoms with Gasteiger partial charge < -0.3 is 20.5 Å². The number of nitrogens with one attached hydrogen (secondary N) is 2. The summed E-state index contributed by atoms with van der Waals surface area (Å²) in [6.07, 6.45) is 5.08. The van der Waals surface area contributed by atoms with E-state index in [4.69, 9.17) is 4.74 Å². The Morgan fingerprint density at radius 3 is 2.90 bits per heavy atom. The van der Waals surface area contributed by atoms with E-state index in [2.05, 4.69) is 20.6 Å². The number of nitrogens with zero attached hydrogens (tertiary/aromatic N) is 2. The Labute approximate surface area is 122 Å². The number of aromatic nitrogens is 2. The lowest BCUT2D eigenvalue weighted by Gasteiger charge is -2.19. The van der Waals surface area contributed by atoms with Gasteiger partial charge in [0.1, 0.15) is 0 Å². The third-order valence-corrected chi connectivity index (χ3v) is 3.29. The number of fused-ring (bicyclic) bond motifs is 1. The van der Waals surface area contributed by atoms with Crippen molar-refractivity contribution in [2.75, 3.05) is 13.7 Å². The van der Waals surface area contributed by atoms with Crippen LogP contribution >= 0.6 is 0 Å². The van der Waals surface area contributed by atoms with Crippen LogP contribution in [0.25, 0.3) is 11.0 Å². The summed E-state index contributed by atoms with van der Waals surface area (Å²) < 4.78 is 5.11. The van der Waals surface area contributed by atoms with Crippen LogP contribution in [-0.4, -0.2) is 28.7 Å². The molecule has 0 radical (unpaired) electrons. The van der Waals surface area contributed by atoms with E-state index in [-0.39, 0.29) is 5.76 Å². The Hall–Kier alpha value is -2.76. The molecule has 6 heteroatoms. The number of ether oxygens (including phenoxy) is 1. The van der Waals surface area contributed by atoms with Gasteiger partial charge in [0.05, 0.1) is 30.4 Å². The number of dihydropyridines is 1. The largest absolute Gasteiger partial charge is 0.503 e. The zero-order chi connectivity index (χ0) is 14.7. The number of aliphatic hydroxyl groups excluding tert-OH is 1. The summed E-state index contributed by atoms with van der Waals surface area (Å²) in [6, 6.07) is 5.89. The minimum Gasteiger partial charge on any atom is -0.503 e. The Balaban J connectivity index is 1.74. The van der Waals surface area contributed by atoms with Crippen molar-refractivity contribution in [3.05, 3.63) is 59.6 Å². The Kier molecular flexibility index (Phi) is 3.59. The summed E-state index contributed by atoms with van der Waals surface area (Å²) in [5.74, 6) is 0.654. The molecule has 0 saturated heterocycles. The standard InChI is InChI=1S/C15H16N4O2/c1-21-14-9-16-8-13(15(14)20)19-7-10-2-3-11-12(6-10)18-5-4-17-11/h2-6,8,16,19-20H,7,9H2,1H3. The fourth-order valence-corrected chi connectivity index (χ4v) is 2.17. The molecule has 0 amide bonds. The van der Waals surface area contributed by atoms with Crippen LogP contribution in [0.5, 0.6) is 0 Å². The maximum absolute atomic E-state index is 10.0. The van der Waals surface area contributed by atoms with Gasteiger partial charge in [-0.3, -0.25) is 9.97 Å². The molecule has 6 nitrogen and oxygen atoms in total. The molecule has 1 aliphatic rings. The van der Waals surface area contributed by atoms with Crippen LogP contribution < -0.4 is 10.6 Å². The van der Waals surface area contributed by atoms with E-state index in [1.807, 2.05) is 18.2 Å². The summed E-state index contributed by atoms with van der Waals surface area (Å²) in [7, 11) is 1.54. The third kappa shape index (κ3) is 2.74. The molecule has 0 spiro atoms. The smallest absolute Gasteiger partial charge is 0.180 e. The van der Waals surface area contributed by atoms with Crippen LogP contribution in [-0.2, 0) is 11.3 Å². The van der Waals surface area contributed by atoms with Crippen molar-refractivity contribution in [3.8, 4) is 0 Å². The second-order valence-corrected chi connectivity index (χ2v) is 4.65. The zero-order valence-electron chi connectivity index (χ0n) is 11.6. The number of hydrogen-bond acceptors (Lipinski definition) is 6. The molecule has 2 aromatic rings. The fourth-order valence-electron chi connectivity index (χ4n) is 2.17. The highest BCUT2D eigenvalue weighted by atomic mass is 16.5. The molecular formula is C15H16N4O2. The Morgan fingerprint density at radius 2 is 2.10 bits per heavy atom. The summed E-state index contributed by atoms with van der Waals surface area (Å²) in [6.45, 7) is 1.06. The van der Waals surface area contributed by atoms with Gasteiger partial charge in [0.15, 0.2) is 11.5 Å². The van der Waals surface area contributed by atoms with Crippen molar-refractivity contribution < 1.29 is 9.84 Å². The van der Waals surface area contributed by atoms with Gasteiger partial charge in [-0.05, 0) is 17.7 Å². The predicted molar refractivity (Wildman–Crippen MR) is 79.1 cm³/mol. The van der Waals surface area contributed by atoms with Crippen molar-refractivity contribution in [1.82, 2.24) is 20.6 Å². The highest BCUT2D eigenvalue weighted by molar-refractivity contribution is 5.74. The summed E-state index contributed by atoms with van der Waals surface area (Å²) in [5, 5.41) is 16.3. The first kappa shape index (κ1) is 13.2. The van der Waals surface area contributed by atoms with E-state index in [0.717, 1.165) is 16.6 Å². The van der Waals surface area contributed by atoms with Gasteiger partial charge >= 0.3 is 0 Å². The second kappa shape index (κ2) is 5.70. The molecule has 0 atom stereocenters. The molecule has 0 fully saturated rings. The molecule has 0 aliphatic carbocycles. The number of benzene rings is 1. The van der Waals surface area contributed by atoms with Crippen LogP contribution in [0.2, 0.25) is 0 Å². The third-order valence-electron chi connectivity index (χ3n) is 3.29. The van der Waals surface area contributed by atoms with Crippen LogP contribution in [0.1, 0.15) is 5.56 Å². The normalized spacial score (nSPS) is 14.6. The molecule has 0 saturated carbocycles. The lowest BCUT2D eigenvalue weighted by atomic mass is 10.2. The van der Waals surface area contributed by atoms with Crippen molar-refractivity contribution in [2.45, 2.75) is 6.54 Å². The van der Waals surface area contributed by atoms with Crippen LogP contribution in [0.4, 0.5) is 0 Å². The lowest BCUT2D eigenvalue weighted by Crippen LogP contribution is -2.26. The van der Waals surface area contributed by atoms with Crippen molar-refractivity contribution in [2.24, 2.45) is 0 Å². The van der Waals surface area contributed by atoms with Crippen molar-refractivity contribution >= 4 is 11.0 Å². The Morgan fingerprint density at radius 1 is 1.29 bits per heavy atom. The van der Waals surface area contributed by atoms with Crippen LogP contribution in [0.3, 0.4) is 0 Å². The molecule has 3 N–H and O–H groups in total. The molecule has 0 bridgehead atoms. The monoisotopic (exact) mass is 284 g/mol. The maximum Gasteiger partial charge on any atom is 0.180 e. The van der Waals surface area contributed by atoms with E-state index < -0.39 is 0 Å². The van der Waals surface area contributed by atoms with Gasteiger partial charge in [0.25, 0.3) is 0 Å². The molecule has 1 aliphatic heterocycles. The van der Waals surface area contributed by atoms with Crippen molar-refractivity contribution in [1.29, 1.82) is 0 Å². The first-order chi connectivity index (χ1) is 10.3. The van der Waals surface area contributed by atoms with Crippen LogP contribution in [0, 0.1) is 0 Å². The van der Waals surface area contributed by atoms with Gasteiger partial charge in [-0.2, -0.15) is 0 Å². The van der Waals surface area contributed by atoms with E-state index in [1.165, 1.54) is 7.11 Å². The molecule has 108 valence electrons. The van der Waals surface area contributed by atoms with E-state index in [9.17, 15) is 5.11 Å². The predicted octanol–water partition coefficient (Wildman–Crippen LogP) is 1.58. The lowest BCUT2D eigenvalue weighted by molar-refractivity contribution is 0.244. The summed E-state index contributed by atoms with van der Waals surface area (Å²) >= 11 is 0. The van der Waals surface area contributed by atoms with E-state index >= 15 is 0 Å². The average molecular weight is 284 g/mol. The highest BCUT2D eigenvalue weighted by Gasteiger charge is 2.15. The highest BCUT2D eigenvalue weighted by Crippen LogP contribution is 2.15. The van der Waals surface area contributed by atoms with Crippen LogP contribution in [0.15, 0.2) is 54.0 Å². The SMILES string of the molecule is COC1=C(O)C(NCc2ccc3nccnc3c2)=CNC1. The molecular weight excluding hydrogens is 268 g/mol. The average Bonchev–Trinajstić information content (AvgIpc) is 2.54. The fraction of sp³-hybridized carbons (Fsp3) is 0.200. The maximum atomic E-state index is 10.0. The molecule has 2 heterocycles. The first-order valence-electron chi connectivity index (χ1n) is 6.61. The molecule has 1 aromatic carbocycles. The Bertz CT molecular complexity index is 724. The second-order valence-electron chi connectivity index (χ2n) is 4.65. The topological polar surface area (TPSA) is 79.3 Å².